The van der Waals surface area contributed by atoms with Gasteiger partial charge in [-0.3, -0.25) is 4.79 Å². The van der Waals surface area contributed by atoms with E-state index in [0.717, 1.165) is 49.7 Å². The lowest BCUT2D eigenvalue weighted by Crippen LogP contribution is -2.28. The zero-order valence-electron chi connectivity index (χ0n) is 18.7. The SMILES string of the molecule is CN(CCCNC(=O)c1cccc(-c2cnc(N3CCCC3)nc2)c1)Cc1ccccc1. The highest BCUT2D eigenvalue weighted by Crippen LogP contribution is 2.21. The van der Waals surface area contributed by atoms with Crippen LogP contribution in [0.5, 0.6) is 0 Å². The Morgan fingerprint density at radius 3 is 2.50 bits per heavy atom. The molecule has 1 N–H and O–H groups in total. The molecule has 0 saturated carbocycles. The van der Waals surface area contributed by atoms with Crippen molar-refractivity contribution in [2.24, 2.45) is 0 Å². The van der Waals surface area contributed by atoms with E-state index in [0.29, 0.717) is 12.1 Å². The molecule has 3 aromatic rings. The van der Waals surface area contributed by atoms with Crippen molar-refractivity contribution in [2.75, 3.05) is 38.1 Å². The van der Waals surface area contributed by atoms with Crippen molar-refractivity contribution in [3.8, 4) is 11.1 Å². The molecule has 1 aromatic heterocycles. The molecule has 6 heteroatoms. The van der Waals surface area contributed by atoms with Gasteiger partial charge in [0.15, 0.2) is 0 Å². The van der Waals surface area contributed by atoms with Gasteiger partial charge in [-0.25, -0.2) is 9.97 Å². The fraction of sp³-hybridized carbons (Fsp3) is 0.346. The van der Waals surface area contributed by atoms with Crippen LogP contribution in [0.1, 0.15) is 35.2 Å². The Balaban J connectivity index is 1.26. The van der Waals surface area contributed by atoms with Gasteiger partial charge >= 0.3 is 0 Å². The minimum Gasteiger partial charge on any atom is -0.352 e. The third-order valence-electron chi connectivity index (χ3n) is 5.78. The molecule has 6 nitrogen and oxygen atoms in total. The number of benzene rings is 2. The van der Waals surface area contributed by atoms with Crippen molar-refractivity contribution >= 4 is 11.9 Å². The van der Waals surface area contributed by atoms with Gasteiger partial charge in [0.05, 0.1) is 0 Å². The topological polar surface area (TPSA) is 61.4 Å². The summed E-state index contributed by atoms with van der Waals surface area (Å²) in [7, 11) is 2.11. The molecule has 0 radical (unpaired) electrons. The number of aromatic nitrogens is 2. The quantitative estimate of drug-likeness (QED) is 0.521. The summed E-state index contributed by atoms with van der Waals surface area (Å²) in [6.45, 7) is 4.54. The van der Waals surface area contributed by atoms with E-state index in [-0.39, 0.29) is 5.91 Å². The van der Waals surface area contributed by atoms with Crippen LogP contribution in [-0.4, -0.2) is 54.0 Å². The summed E-state index contributed by atoms with van der Waals surface area (Å²) in [5, 5.41) is 3.04. The van der Waals surface area contributed by atoms with Crippen LogP contribution in [0.15, 0.2) is 67.0 Å². The van der Waals surface area contributed by atoms with Gasteiger partial charge in [-0.2, -0.15) is 0 Å². The number of anilines is 1. The zero-order chi connectivity index (χ0) is 22.2. The molecule has 0 unspecified atom stereocenters. The van der Waals surface area contributed by atoms with Crippen LogP contribution in [0.4, 0.5) is 5.95 Å². The molecular formula is C26H31N5O. The lowest BCUT2D eigenvalue weighted by molar-refractivity contribution is 0.0952. The molecule has 1 aliphatic heterocycles. The highest BCUT2D eigenvalue weighted by molar-refractivity contribution is 5.95. The minimum atomic E-state index is -0.0489. The van der Waals surface area contributed by atoms with E-state index in [1.165, 1.54) is 18.4 Å². The number of hydrogen-bond donors (Lipinski definition) is 1. The van der Waals surface area contributed by atoms with E-state index in [1.54, 1.807) is 0 Å². The second-order valence-corrected chi connectivity index (χ2v) is 8.38. The first-order valence-electron chi connectivity index (χ1n) is 11.4. The largest absolute Gasteiger partial charge is 0.352 e. The summed E-state index contributed by atoms with van der Waals surface area (Å²) in [6, 6.07) is 18.1. The summed E-state index contributed by atoms with van der Waals surface area (Å²) < 4.78 is 0. The summed E-state index contributed by atoms with van der Waals surface area (Å²) >= 11 is 0. The van der Waals surface area contributed by atoms with Crippen molar-refractivity contribution in [2.45, 2.75) is 25.8 Å². The Morgan fingerprint density at radius 1 is 1.00 bits per heavy atom. The van der Waals surface area contributed by atoms with Crippen LogP contribution in [0.3, 0.4) is 0 Å². The van der Waals surface area contributed by atoms with Crippen molar-refractivity contribution in [3.63, 3.8) is 0 Å². The Bertz CT molecular complexity index is 1000. The van der Waals surface area contributed by atoms with Gasteiger partial charge in [0.1, 0.15) is 0 Å². The molecule has 32 heavy (non-hydrogen) atoms. The van der Waals surface area contributed by atoms with Gasteiger partial charge in [0.25, 0.3) is 5.91 Å². The maximum atomic E-state index is 12.6. The lowest BCUT2D eigenvalue weighted by Gasteiger charge is -2.16. The Labute approximate surface area is 190 Å². The van der Waals surface area contributed by atoms with E-state index >= 15 is 0 Å². The lowest BCUT2D eigenvalue weighted by atomic mass is 10.1. The number of nitrogens with zero attached hydrogens (tertiary/aromatic N) is 4. The van der Waals surface area contributed by atoms with Gasteiger partial charge < -0.3 is 15.1 Å². The van der Waals surface area contributed by atoms with Gasteiger partial charge in [-0.1, -0.05) is 42.5 Å². The van der Waals surface area contributed by atoms with Crippen LogP contribution in [-0.2, 0) is 6.54 Å². The molecule has 0 atom stereocenters. The Kier molecular flexibility index (Phi) is 7.46. The van der Waals surface area contributed by atoms with Crippen molar-refractivity contribution in [3.05, 3.63) is 78.1 Å². The zero-order valence-corrected chi connectivity index (χ0v) is 18.7. The van der Waals surface area contributed by atoms with Gasteiger partial charge in [-0.15, -0.1) is 0 Å². The first-order valence-corrected chi connectivity index (χ1v) is 11.4. The Hall–Kier alpha value is -3.25. The average molecular weight is 430 g/mol. The van der Waals surface area contributed by atoms with Crippen LogP contribution in [0.2, 0.25) is 0 Å². The fourth-order valence-electron chi connectivity index (χ4n) is 4.02. The number of amides is 1. The van der Waals surface area contributed by atoms with E-state index < -0.39 is 0 Å². The molecule has 166 valence electrons. The van der Waals surface area contributed by atoms with Crippen molar-refractivity contribution < 1.29 is 4.79 Å². The highest BCUT2D eigenvalue weighted by atomic mass is 16.1. The third-order valence-corrected chi connectivity index (χ3v) is 5.78. The van der Waals surface area contributed by atoms with Crippen LogP contribution in [0.25, 0.3) is 11.1 Å². The molecule has 0 spiro atoms. The summed E-state index contributed by atoms with van der Waals surface area (Å²) in [5.41, 5.74) is 3.83. The predicted molar refractivity (Wildman–Crippen MR) is 129 cm³/mol. The molecular weight excluding hydrogens is 398 g/mol. The molecule has 4 rings (SSSR count). The molecule has 1 saturated heterocycles. The molecule has 0 aliphatic carbocycles. The number of carbonyl (C=O) groups excluding carboxylic acids is 1. The molecule has 1 amide bonds. The normalized spacial score (nSPS) is 13.5. The van der Waals surface area contributed by atoms with E-state index in [4.69, 9.17) is 0 Å². The fourth-order valence-corrected chi connectivity index (χ4v) is 4.02. The van der Waals surface area contributed by atoms with Crippen molar-refractivity contribution in [1.82, 2.24) is 20.2 Å². The number of nitrogens with one attached hydrogen (secondary N) is 1. The number of rotatable bonds is 9. The first kappa shape index (κ1) is 22.0. The first-order chi connectivity index (χ1) is 15.7. The predicted octanol–water partition coefficient (Wildman–Crippen LogP) is 4.00. The van der Waals surface area contributed by atoms with Crippen molar-refractivity contribution in [1.29, 1.82) is 0 Å². The summed E-state index contributed by atoms with van der Waals surface area (Å²) in [5.74, 6) is 0.740. The molecule has 2 heterocycles. The second-order valence-electron chi connectivity index (χ2n) is 8.38. The maximum Gasteiger partial charge on any atom is 0.251 e. The highest BCUT2D eigenvalue weighted by Gasteiger charge is 2.15. The van der Waals surface area contributed by atoms with E-state index in [1.807, 2.05) is 42.7 Å². The van der Waals surface area contributed by atoms with Crippen LogP contribution >= 0.6 is 0 Å². The van der Waals surface area contributed by atoms with Gasteiger partial charge in [0, 0.05) is 49.7 Å². The standard InChI is InChI=1S/C26H31N5O/c1-30(20-21-9-3-2-4-10-21)14-8-13-27-25(32)23-12-7-11-22(17-23)24-18-28-26(29-19-24)31-15-5-6-16-31/h2-4,7,9-12,17-19H,5-6,8,13-16,20H2,1H3,(H,27,32). The minimum absolute atomic E-state index is 0.0489. The molecule has 1 fully saturated rings. The second kappa shape index (κ2) is 10.9. The van der Waals surface area contributed by atoms with E-state index in [2.05, 4.69) is 56.4 Å². The summed E-state index contributed by atoms with van der Waals surface area (Å²) in [4.78, 5) is 26.2. The number of carbonyl (C=O) groups is 1. The molecule has 0 bridgehead atoms. The van der Waals surface area contributed by atoms with Crippen LogP contribution < -0.4 is 10.2 Å². The molecule has 2 aromatic carbocycles. The van der Waals surface area contributed by atoms with Crippen LogP contribution in [0, 0.1) is 0 Å². The van der Waals surface area contributed by atoms with Gasteiger partial charge in [-0.05, 0) is 56.1 Å². The Morgan fingerprint density at radius 2 is 1.75 bits per heavy atom. The van der Waals surface area contributed by atoms with E-state index in [9.17, 15) is 4.79 Å². The third kappa shape index (κ3) is 5.92. The molecule has 1 aliphatic rings. The smallest absolute Gasteiger partial charge is 0.251 e. The van der Waals surface area contributed by atoms with Gasteiger partial charge in [0.2, 0.25) is 5.95 Å². The maximum absolute atomic E-state index is 12.6. The average Bonchev–Trinajstić information content (AvgIpc) is 3.38. The monoisotopic (exact) mass is 429 g/mol. The number of hydrogen-bond acceptors (Lipinski definition) is 5. The summed E-state index contributed by atoms with van der Waals surface area (Å²) in [6.07, 6.45) is 7.00.